The van der Waals surface area contributed by atoms with Gasteiger partial charge < -0.3 is 4.90 Å². The van der Waals surface area contributed by atoms with Crippen LogP contribution in [0.3, 0.4) is 0 Å². The quantitative estimate of drug-likeness (QED) is 0.875. The highest BCUT2D eigenvalue weighted by atomic mass is 16.2. The molecule has 1 saturated carbocycles. The molecule has 3 heteroatoms. The predicted octanol–water partition coefficient (Wildman–Crippen LogP) is 1.79. The van der Waals surface area contributed by atoms with Gasteiger partial charge >= 0.3 is 0 Å². The largest absolute Gasteiger partial charge is 0.326 e. The van der Waals surface area contributed by atoms with Gasteiger partial charge in [-0.3, -0.25) is 10.1 Å². The van der Waals surface area contributed by atoms with Crippen molar-refractivity contribution in [3.63, 3.8) is 0 Å². The molecule has 2 aliphatic rings. The van der Waals surface area contributed by atoms with Crippen LogP contribution in [0.25, 0.3) is 0 Å². The molecule has 1 N–H and O–H groups in total. The van der Waals surface area contributed by atoms with E-state index in [4.69, 9.17) is 0 Å². The van der Waals surface area contributed by atoms with Gasteiger partial charge in [0.1, 0.15) is 0 Å². The number of hydrogen-bond acceptors (Lipinski definition) is 2. The number of carbonyl (C=O) groups excluding carboxylic acids is 1. The molecule has 1 saturated heterocycles. The molecule has 0 aromatic heterocycles. The minimum absolute atomic E-state index is 0.0337. The molecule has 1 aliphatic heterocycles. The first kappa shape index (κ1) is 11.7. The zero-order valence-electron chi connectivity index (χ0n) is 10.8. The Balaban J connectivity index is 1.63. The van der Waals surface area contributed by atoms with E-state index >= 15 is 0 Å². The third-order valence-corrected chi connectivity index (χ3v) is 4.17. The van der Waals surface area contributed by atoms with Crippen LogP contribution in [0.15, 0.2) is 30.3 Å². The molecule has 2 unspecified atom stereocenters. The molecule has 1 amide bonds. The minimum atomic E-state index is -0.0337. The zero-order valence-corrected chi connectivity index (χ0v) is 10.8. The average Bonchev–Trinajstić information content (AvgIpc) is 3.17. The fraction of sp³-hybridized carbons (Fsp3) is 0.533. The zero-order chi connectivity index (χ0) is 12.5. The summed E-state index contributed by atoms with van der Waals surface area (Å²) in [5.74, 6) is 1.02. The Bertz CT molecular complexity index is 427. The Kier molecular flexibility index (Phi) is 3.08. The Hall–Kier alpha value is -1.35. The second-order valence-electron chi connectivity index (χ2n) is 5.49. The average molecular weight is 244 g/mol. The van der Waals surface area contributed by atoms with E-state index in [0.717, 1.165) is 12.3 Å². The van der Waals surface area contributed by atoms with E-state index in [1.807, 2.05) is 23.1 Å². The number of nitrogens with zero attached hydrogens (tertiary/aromatic N) is 1. The normalized spacial score (nSPS) is 25.5. The molecule has 0 bridgehead atoms. The highest BCUT2D eigenvalue weighted by Crippen LogP contribution is 2.35. The first-order chi connectivity index (χ1) is 8.75. The predicted molar refractivity (Wildman–Crippen MR) is 71.0 cm³/mol. The summed E-state index contributed by atoms with van der Waals surface area (Å²) in [6.45, 7) is 2.90. The monoisotopic (exact) mass is 244 g/mol. The molecule has 1 aromatic carbocycles. The standard InChI is InChI=1S/C15H20N2O/c1-11(13-7-8-13)17-10-16-14(15(17)18)9-12-5-3-2-4-6-12/h2-6,11,13-14,16H,7-10H2,1H3. The van der Waals surface area contributed by atoms with Crippen molar-refractivity contribution in [1.82, 2.24) is 10.2 Å². The van der Waals surface area contributed by atoms with Crippen molar-refractivity contribution in [2.75, 3.05) is 6.67 Å². The summed E-state index contributed by atoms with van der Waals surface area (Å²) in [4.78, 5) is 14.4. The maximum atomic E-state index is 12.3. The van der Waals surface area contributed by atoms with Gasteiger partial charge in [-0.1, -0.05) is 30.3 Å². The van der Waals surface area contributed by atoms with Crippen LogP contribution in [-0.4, -0.2) is 29.6 Å². The van der Waals surface area contributed by atoms with Crippen LogP contribution in [0.5, 0.6) is 0 Å². The Morgan fingerprint density at radius 2 is 2.06 bits per heavy atom. The molecule has 2 fully saturated rings. The number of rotatable bonds is 4. The second-order valence-corrected chi connectivity index (χ2v) is 5.49. The fourth-order valence-electron chi connectivity index (χ4n) is 2.76. The summed E-state index contributed by atoms with van der Waals surface area (Å²) in [5, 5.41) is 3.34. The van der Waals surface area contributed by atoms with Crippen molar-refractivity contribution in [1.29, 1.82) is 0 Å². The SMILES string of the molecule is CC(C1CC1)N1CNC(Cc2ccccc2)C1=O. The molecule has 1 aliphatic carbocycles. The van der Waals surface area contributed by atoms with Crippen molar-refractivity contribution in [2.45, 2.75) is 38.3 Å². The van der Waals surface area contributed by atoms with Crippen LogP contribution in [-0.2, 0) is 11.2 Å². The number of benzene rings is 1. The van der Waals surface area contributed by atoms with E-state index in [-0.39, 0.29) is 11.9 Å². The first-order valence-electron chi connectivity index (χ1n) is 6.83. The van der Waals surface area contributed by atoms with Crippen molar-refractivity contribution in [3.05, 3.63) is 35.9 Å². The van der Waals surface area contributed by atoms with Crippen LogP contribution in [0.2, 0.25) is 0 Å². The lowest BCUT2D eigenvalue weighted by Gasteiger charge is -2.23. The van der Waals surface area contributed by atoms with Gasteiger partial charge in [0.15, 0.2) is 0 Å². The van der Waals surface area contributed by atoms with Gasteiger partial charge in [0.05, 0.1) is 12.7 Å². The van der Waals surface area contributed by atoms with Gasteiger partial charge in [0.2, 0.25) is 5.91 Å². The molecule has 1 aromatic rings. The van der Waals surface area contributed by atoms with E-state index in [0.29, 0.717) is 12.7 Å². The molecule has 3 nitrogen and oxygen atoms in total. The van der Waals surface area contributed by atoms with Crippen molar-refractivity contribution >= 4 is 5.91 Å². The van der Waals surface area contributed by atoms with Gasteiger partial charge in [-0.15, -0.1) is 0 Å². The van der Waals surface area contributed by atoms with E-state index in [1.165, 1.54) is 18.4 Å². The lowest BCUT2D eigenvalue weighted by Crippen LogP contribution is -2.38. The summed E-state index contributed by atoms with van der Waals surface area (Å²) in [6, 6.07) is 10.6. The summed E-state index contributed by atoms with van der Waals surface area (Å²) in [5.41, 5.74) is 1.23. The lowest BCUT2D eigenvalue weighted by molar-refractivity contribution is -0.130. The van der Waals surface area contributed by atoms with Gasteiger partial charge in [-0.05, 0) is 37.7 Å². The molecule has 0 radical (unpaired) electrons. The van der Waals surface area contributed by atoms with Gasteiger partial charge in [-0.2, -0.15) is 0 Å². The number of carbonyl (C=O) groups is 1. The molecular formula is C15H20N2O. The van der Waals surface area contributed by atoms with Crippen LogP contribution < -0.4 is 5.32 Å². The van der Waals surface area contributed by atoms with Crippen molar-refractivity contribution in [2.24, 2.45) is 5.92 Å². The molecule has 3 rings (SSSR count). The molecule has 1 heterocycles. The molecular weight excluding hydrogens is 224 g/mol. The molecule has 0 spiro atoms. The van der Waals surface area contributed by atoms with Gasteiger partial charge in [0.25, 0.3) is 0 Å². The third kappa shape index (κ3) is 2.27. The Labute approximate surface area is 108 Å². The molecule has 2 atom stereocenters. The number of hydrogen-bond donors (Lipinski definition) is 1. The Morgan fingerprint density at radius 3 is 2.72 bits per heavy atom. The Morgan fingerprint density at radius 1 is 1.33 bits per heavy atom. The highest BCUT2D eigenvalue weighted by Gasteiger charge is 2.39. The maximum Gasteiger partial charge on any atom is 0.241 e. The minimum Gasteiger partial charge on any atom is -0.326 e. The van der Waals surface area contributed by atoms with Crippen LogP contribution in [0, 0.1) is 5.92 Å². The van der Waals surface area contributed by atoms with E-state index in [9.17, 15) is 4.79 Å². The molecule has 96 valence electrons. The summed E-state index contributed by atoms with van der Waals surface area (Å²) in [7, 11) is 0. The molecule has 18 heavy (non-hydrogen) atoms. The van der Waals surface area contributed by atoms with E-state index in [2.05, 4.69) is 24.4 Å². The van der Waals surface area contributed by atoms with E-state index in [1.54, 1.807) is 0 Å². The van der Waals surface area contributed by atoms with Crippen LogP contribution >= 0.6 is 0 Å². The van der Waals surface area contributed by atoms with Crippen LogP contribution in [0.4, 0.5) is 0 Å². The summed E-state index contributed by atoms with van der Waals surface area (Å²) >= 11 is 0. The lowest BCUT2D eigenvalue weighted by atomic mass is 10.1. The highest BCUT2D eigenvalue weighted by molar-refractivity contribution is 5.84. The van der Waals surface area contributed by atoms with Crippen molar-refractivity contribution < 1.29 is 4.79 Å². The fourth-order valence-corrected chi connectivity index (χ4v) is 2.76. The van der Waals surface area contributed by atoms with Gasteiger partial charge in [0, 0.05) is 6.04 Å². The number of amides is 1. The maximum absolute atomic E-state index is 12.3. The topological polar surface area (TPSA) is 32.3 Å². The summed E-state index contributed by atoms with van der Waals surface area (Å²) in [6.07, 6.45) is 3.37. The second kappa shape index (κ2) is 4.73. The van der Waals surface area contributed by atoms with Gasteiger partial charge in [-0.25, -0.2) is 0 Å². The van der Waals surface area contributed by atoms with Crippen molar-refractivity contribution in [3.8, 4) is 0 Å². The van der Waals surface area contributed by atoms with Crippen LogP contribution in [0.1, 0.15) is 25.3 Å². The van der Waals surface area contributed by atoms with E-state index < -0.39 is 0 Å². The third-order valence-electron chi connectivity index (χ3n) is 4.17. The summed E-state index contributed by atoms with van der Waals surface area (Å²) < 4.78 is 0. The smallest absolute Gasteiger partial charge is 0.241 e. The number of nitrogens with one attached hydrogen (secondary N) is 1. The first-order valence-corrected chi connectivity index (χ1v) is 6.83.